The van der Waals surface area contributed by atoms with E-state index in [9.17, 15) is 0 Å². The predicted molar refractivity (Wildman–Crippen MR) is 55.5 cm³/mol. The standard InChI is InChI=1S/C11H16N2O/c12-11-9(4-1-2-6-13-11)8-10-5-3-7-14-10/h3,5,7,9H,1-2,4,6,8H2,(H2,12,13). The van der Waals surface area contributed by atoms with Crippen LogP contribution in [0.25, 0.3) is 0 Å². The van der Waals surface area contributed by atoms with Gasteiger partial charge in [0.25, 0.3) is 0 Å². The van der Waals surface area contributed by atoms with E-state index < -0.39 is 0 Å². The first-order valence-electron chi connectivity index (χ1n) is 5.21. The van der Waals surface area contributed by atoms with E-state index in [2.05, 4.69) is 5.32 Å². The molecule has 76 valence electrons. The average molecular weight is 192 g/mol. The van der Waals surface area contributed by atoms with E-state index in [1.807, 2.05) is 12.1 Å². The van der Waals surface area contributed by atoms with Crippen molar-refractivity contribution in [2.24, 2.45) is 5.92 Å². The summed E-state index contributed by atoms with van der Waals surface area (Å²) in [6, 6.07) is 3.89. The number of hydrogen-bond acceptors (Lipinski definition) is 2. The smallest absolute Gasteiger partial charge is 0.104 e. The Morgan fingerprint density at radius 2 is 2.43 bits per heavy atom. The largest absolute Gasteiger partial charge is 0.469 e. The molecule has 0 aromatic carbocycles. The number of amidine groups is 1. The molecule has 1 aromatic rings. The fourth-order valence-electron chi connectivity index (χ4n) is 1.90. The molecule has 2 heterocycles. The van der Waals surface area contributed by atoms with E-state index in [0.29, 0.717) is 11.8 Å². The molecule has 1 saturated heterocycles. The molecule has 0 bridgehead atoms. The van der Waals surface area contributed by atoms with Crippen molar-refractivity contribution in [1.82, 2.24) is 5.32 Å². The monoisotopic (exact) mass is 192 g/mol. The lowest BCUT2D eigenvalue weighted by molar-refractivity contribution is 0.469. The maximum atomic E-state index is 7.84. The molecule has 0 spiro atoms. The number of hydrogen-bond donors (Lipinski definition) is 2. The molecule has 0 saturated carbocycles. The second-order valence-electron chi connectivity index (χ2n) is 3.82. The van der Waals surface area contributed by atoms with Gasteiger partial charge >= 0.3 is 0 Å². The minimum Gasteiger partial charge on any atom is -0.469 e. The van der Waals surface area contributed by atoms with Crippen LogP contribution in [0.1, 0.15) is 25.0 Å². The Balaban J connectivity index is 1.98. The van der Waals surface area contributed by atoms with E-state index >= 15 is 0 Å². The highest BCUT2D eigenvalue weighted by Crippen LogP contribution is 2.18. The second-order valence-corrected chi connectivity index (χ2v) is 3.82. The summed E-state index contributed by atoms with van der Waals surface area (Å²) < 4.78 is 5.30. The maximum Gasteiger partial charge on any atom is 0.104 e. The molecule has 1 unspecified atom stereocenters. The summed E-state index contributed by atoms with van der Waals surface area (Å²) in [6.45, 7) is 0.952. The van der Waals surface area contributed by atoms with Crippen molar-refractivity contribution in [1.29, 1.82) is 5.41 Å². The quantitative estimate of drug-likeness (QED) is 0.754. The molecule has 1 fully saturated rings. The van der Waals surface area contributed by atoms with Gasteiger partial charge in [-0.25, -0.2) is 0 Å². The van der Waals surface area contributed by atoms with Crippen LogP contribution in [0.4, 0.5) is 0 Å². The van der Waals surface area contributed by atoms with Crippen LogP contribution in [0.3, 0.4) is 0 Å². The highest BCUT2D eigenvalue weighted by molar-refractivity contribution is 5.81. The summed E-state index contributed by atoms with van der Waals surface area (Å²) in [7, 11) is 0. The summed E-state index contributed by atoms with van der Waals surface area (Å²) in [5, 5.41) is 11.0. The zero-order valence-electron chi connectivity index (χ0n) is 8.25. The van der Waals surface area contributed by atoms with Crippen molar-refractivity contribution < 1.29 is 4.42 Å². The molecule has 1 aromatic heterocycles. The van der Waals surface area contributed by atoms with Crippen molar-refractivity contribution in [3.63, 3.8) is 0 Å². The van der Waals surface area contributed by atoms with Gasteiger partial charge < -0.3 is 9.73 Å². The summed E-state index contributed by atoms with van der Waals surface area (Å²) in [6.07, 6.45) is 6.05. The van der Waals surface area contributed by atoms with Gasteiger partial charge in [-0.1, -0.05) is 6.42 Å². The molecule has 2 rings (SSSR count). The average Bonchev–Trinajstić information content (AvgIpc) is 2.60. The molecule has 0 aliphatic carbocycles. The number of nitrogens with one attached hydrogen (secondary N) is 2. The zero-order chi connectivity index (χ0) is 9.80. The molecule has 3 nitrogen and oxygen atoms in total. The molecule has 1 aliphatic heterocycles. The first-order valence-corrected chi connectivity index (χ1v) is 5.21. The summed E-state index contributed by atoms with van der Waals surface area (Å²) in [4.78, 5) is 0. The molecular formula is C11H16N2O. The van der Waals surface area contributed by atoms with Crippen molar-refractivity contribution >= 4 is 5.84 Å². The van der Waals surface area contributed by atoms with Gasteiger partial charge in [0.2, 0.25) is 0 Å². The Kier molecular flexibility index (Phi) is 2.87. The van der Waals surface area contributed by atoms with Crippen LogP contribution in [0, 0.1) is 11.3 Å². The van der Waals surface area contributed by atoms with E-state index in [4.69, 9.17) is 9.83 Å². The van der Waals surface area contributed by atoms with Crippen molar-refractivity contribution in [3.8, 4) is 0 Å². The van der Waals surface area contributed by atoms with Gasteiger partial charge in [-0.05, 0) is 25.0 Å². The highest BCUT2D eigenvalue weighted by Gasteiger charge is 2.18. The molecule has 3 heteroatoms. The number of furan rings is 1. The molecular weight excluding hydrogens is 176 g/mol. The van der Waals surface area contributed by atoms with Gasteiger partial charge in [-0.3, -0.25) is 5.41 Å². The van der Waals surface area contributed by atoms with Gasteiger partial charge in [0.15, 0.2) is 0 Å². The van der Waals surface area contributed by atoms with Crippen molar-refractivity contribution in [3.05, 3.63) is 24.2 Å². The highest BCUT2D eigenvalue weighted by atomic mass is 16.3. The van der Waals surface area contributed by atoms with E-state index in [-0.39, 0.29) is 0 Å². The van der Waals surface area contributed by atoms with E-state index in [1.54, 1.807) is 6.26 Å². The second kappa shape index (κ2) is 4.31. The van der Waals surface area contributed by atoms with Gasteiger partial charge in [-0.15, -0.1) is 0 Å². The Labute approximate surface area is 84.0 Å². The third-order valence-corrected chi connectivity index (χ3v) is 2.73. The summed E-state index contributed by atoms with van der Waals surface area (Å²) >= 11 is 0. The van der Waals surface area contributed by atoms with E-state index in [0.717, 1.165) is 25.1 Å². The SMILES string of the molecule is N=C1NCCCCC1Cc1ccco1. The topological polar surface area (TPSA) is 49.0 Å². The maximum absolute atomic E-state index is 7.84. The van der Waals surface area contributed by atoms with Gasteiger partial charge in [0.05, 0.1) is 12.1 Å². The summed E-state index contributed by atoms with van der Waals surface area (Å²) in [5.41, 5.74) is 0. The minimum atomic E-state index is 0.323. The van der Waals surface area contributed by atoms with Crippen molar-refractivity contribution in [2.45, 2.75) is 25.7 Å². The van der Waals surface area contributed by atoms with Crippen LogP contribution < -0.4 is 5.32 Å². The van der Waals surface area contributed by atoms with Crippen LogP contribution in [0.5, 0.6) is 0 Å². The lowest BCUT2D eigenvalue weighted by Crippen LogP contribution is -2.29. The fraction of sp³-hybridized carbons (Fsp3) is 0.545. The van der Waals surface area contributed by atoms with Gasteiger partial charge in [0.1, 0.15) is 5.76 Å². The Morgan fingerprint density at radius 1 is 1.50 bits per heavy atom. The number of rotatable bonds is 2. The Bertz CT molecular complexity index is 292. The lowest BCUT2D eigenvalue weighted by Gasteiger charge is -2.13. The molecule has 0 radical (unpaired) electrons. The van der Waals surface area contributed by atoms with Crippen LogP contribution in [-0.2, 0) is 6.42 Å². The lowest BCUT2D eigenvalue weighted by atomic mass is 9.97. The zero-order valence-corrected chi connectivity index (χ0v) is 8.25. The third kappa shape index (κ3) is 2.16. The first kappa shape index (κ1) is 9.31. The predicted octanol–water partition coefficient (Wildman–Crippen LogP) is 2.19. The molecule has 2 N–H and O–H groups in total. The molecule has 0 amide bonds. The normalized spacial score (nSPS) is 22.9. The minimum absolute atomic E-state index is 0.323. The molecule has 1 atom stereocenters. The first-order chi connectivity index (χ1) is 6.86. The molecule has 1 aliphatic rings. The Morgan fingerprint density at radius 3 is 3.21 bits per heavy atom. The fourth-order valence-corrected chi connectivity index (χ4v) is 1.90. The Hall–Kier alpha value is -1.25. The van der Waals surface area contributed by atoms with Crippen LogP contribution >= 0.6 is 0 Å². The van der Waals surface area contributed by atoms with Crippen LogP contribution in [0.2, 0.25) is 0 Å². The van der Waals surface area contributed by atoms with Gasteiger partial charge in [-0.2, -0.15) is 0 Å². The molecule has 14 heavy (non-hydrogen) atoms. The van der Waals surface area contributed by atoms with Crippen LogP contribution in [0.15, 0.2) is 22.8 Å². The van der Waals surface area contributed by atoms with Crippen LogP contribution in [-0.4, -0.2) is 12.4 Å². The van der Waals surface area contributed by atoms with Gasteiger partial charge in [0, 0.05) is 18.9 Å². The van der Waals surface area contributed by atoms with Crippen molar-refractivity contribution in [2.75, 3.05) is 6.54 Å². The summed E-state index contributed by atoms with van der Waals surface area (Å²) in [5.74, 6) is 1.99. The van der Waals surface area contributed by atoms with E-state index in [1.165, 1.54) is 12.8 Å². The third-order valence-electron chi connectivity index (χ3n) is 2.73.